The molecule has 5 rings (SSSR count). The number of hydrogen-bond acceptors (Lipinski definition) is 1. The molecule has 1 heterocycles. The van der Waals surface area contributed by atoms with Crippen molar-refractivity contribution < 1.29 is 0 Å². The SMILES string of the molecule is CC(c1ccc(C2CCCCC2)cc1)(c1ccc(C2CCCCC2)cc1)[C@H]1CCCN1. The van der Waals surface area contributed by atoms with Gasteiger partial charge in [-0.3, -0.25) is 0 Å². The average Bonchev–Trinajstić information content (AvgIpc) is 3.41. The molecule has 1 atom stereocenters. The second kappa shape index (κ2) is 9.49. The van der Waals surface area contributed by atoms with Gasteiger partial charge in [0.15, 0.2) is 0 Å². The van der Waals surface area contributed by atoms with Crippen LogP contribution in [0.4, 0.5) is 0 Å². The zero-order chi connectivity index (χ0) is 21.1. The van der Waals surface area contributed by atoms with Crippen molar-refractivity contribution in [3.8, 4) is 0 Å². The fourth-order valence-electron chi connectivity index (χ4n) is 6.82. The number of hydrogen-bond donors (Lipinski definition) is 1. The van der Waals surface area contributed by atoms with Gasteiger partial charge in [-0.2, -0.15) is 0 Å². The zero-order valence-corrected chi connectivity index (χ0v) is 19.5. The highest BCUT2D eigenvalue weighted by molar-refractivity contribution is 5.44. The molecule has 1 heteroatoms. The molecule has 31 heavy (non-hydrogen) atoms. The van der Waals surface area contributed by atoms with Crippen LogP contribution >= 0.6 is 0 Å². The summed E-state index contributed by atoms with van der Waals surface area (Å²) < 4.78 is 0. The van der Waals surface area contributed by atoms with E-state index in [4.69, 9.17) is 0 Å². The van der Waals surface area contributed by atoms with Crippen molar-refractivity contribution in [3.63, 3.8) is 0 Å². The van der Waals surface area contributed by atoms with Gasteiger partial charge in [0.2, 0.25) is 0 Å². The van der Waals surface area contributed by atoms with Gasteiger partial charge in [0.1, 0.15) is 0 Å². The van der Waals surface area contributed by atoms with Crippen LogP contribution in [0.1, 0.15) is 118 Å². The lowest BCUT2D eigenvalue weighted by atomic mass is 9.69. The van der Waals surface area contributed by atoms with Gasteiger partial charge in [-0.25, -0.2) is 0 Å². The minimum absolute atomic E-state index is 0.0344. The first-order chi connectivity index (χ1) is 15.2. The summed E-state index contributed by atoms with van der Waals surface area (Å²) in [6.45, 7) is 3.64. The summed E-state index contributed by atoms with van der Waals surface area (Å²) >= 11 is 0. The van der Waals surface area contributed by atoms with E-state index < -0.39 is 0 Å². The molecular weight excluding hydrogens is 374 g/mol. The lowest BCUT2D eigenvalue weighted by Gasteiger charge is -2.38. The molecule has 3 aliphatic rings. The Labute approximate surface area is 190 Å². The second-order valence-corrected chi connectivity index (χ2v) is 10.8. The third-order valence-electron chi connectivity index (χ3n) is 8.93. The Kier molecular flexibility index (Phi) is 6.51. The van der Waals surface area contributed by atoms with Crippen molar-refractivity contribution in [1.29, 1.82) is 0 Å². The molecule has 0 aromatic heterocycles. The summed E-state index contributed by atoms with van der Waals surface area (Å²) in [6, 6.07) is 20.2. The van der Waals surface area contributed by atoms with Crippen LogP contribution in [-0.2, 0) is 5.41 Å². The van der Waals surface area contributed by atoms with Crippen molar-refractivity contribution >= 4 is 0 Å². The summed E-state index contributed by atoms with van der Waals surface area (Å²) in [5.74, 6) is 1.57. The van der Waals surface area contributed by atoms with Gasteiger partial charge in [0.25, 0.3) is 0 Å². The summed E-state index contributed by atoms with van der Waals surface area (Å²) in [5.41, 5.74) is 6.14. The molecule has 0 amide bonds. The molecule has 1 N–H and O–H groups in total. The molecule has 0 spiro atoms. The van der Waals surface area contributed by atoms with E-state index in [-0.39, 0.29) is 5.41 Å². The third kappa shape index (κ3) is 4.36. The summed E-state index contributed by atoms with van der Waals surface area (Å²) in [4.78, 5) is 0. The Morgan fingerprint density at radius 2 is 1.03 bits per heavy atom. The van der Waals surface area contributed by atoms with E-state index >= 15 is 0 Å². The maximum Gasteiger partial charge on any atom is 0.0327 e. The predicted molar refractivity (Wildman–Crippen MR) is 132 cm³/mol. The van der Waals surface area contributed by atoms with Crippen LogP contribution in [0, 0.1) is 0 Å². The van der Waals surface area contributed by atoms with Gasteiger partial charge < -0.3 is 5.32 Å². The fraction of sp³-hybridized carbons (Fsp3) is 0.600. The molecule has 1 nitrogen and oxygen atoms in total. The first-order valence-corrected chi connectivity index (χ1v) is 13.2. The highest BCUT2D eigenvalue weighted by atomic mass is 15.0. The fourth-order valence-corrected chi connectivity index (χ4v) is 6.82. The molecule has 3 fully saturated rings. The lowest BCUT2D eigenvalue weighted by Crippen LogP contribution is -2.44. The van der Waals surface area contributed by atoms with Crippen LogP contribution in [0.2, 0.25) is 0 Å². The molecule has 2 aromatic rings. The smallest absolute Gasteiger partial charge is 0.0327 e. The molecule has 0 radical (unpaired) electrons. The maximum atomic E-state index is 3.85. The molecule has 1 aliphatic heterocycles. The molecule has 2 aromatic carbocycles. The maximum absolute atomic E-state index is 3.85. The number of nitrogens with one attached hydrogen (secondary N) is 1. The molecule has 166 valence electrons. The third-order valence-corrected chi connectivity index (χ3v) is 8.93. The van der Waals surface area contributed by atoms with Gasteiger partial charge in [-0.1, -0.05) is 87.1 Å². The Morgan fingerprint density at radius 3 is 1.42 bits per heavy atom. The van der Waals surface area contributed by atoms with Gasteiger partial charge in [-0.05, 0) is 86.1 Å². The quantitative estimate of drug-likeness (QED) is 0.524. The van der Waals surface area contributed by atoms with Crippen LogP contribution in [-0.4, -0.2) is 12.6 Å². The first kappa shape index (κ1) is 21.3. The van der Waals surface area contributed by atoms with Crippen molar-refractivity contribution in [2.45, 2.75) is 107 Å². The van der Waals surface area contributed by atoms with E-state index in [1.807, 2.05) is 0 Å². The minimum atomic E-state index is 0.0344. The van der Waals surface area contributed by atoms with Crippen molar-refractivity contribution in [3.05, 3.63) is 70.8 Å². The molecular formula is C30H41N. The molecule has 0 bridgehead atoms. The topological polar surface area (TPSA) is 12.0 Å². The highest BCUT2D eigenvalue weighted by Crippen LogP contribution is 2.41. The minimum Gasteiger partial charge on any atom is -0.313 e. The van der Waals surface area contributed by atoms with Crippen LogP contribution in [0.25, 0.3) is 0 Å². The van der Waals surface area contributed by atoms with E-state index in [1.54, 1.807) is 11.1 Å². The van der Waals surface area contributed by atoms with E-state index in [0.29, 0.717) is 6.04 Å². The van der Waals surface area contributed by atoms with E-state index in [2.05, 4.69) is 60.8 Å². The molecule has 2 aliphatic carbocycles. The van der Waals surface area contributed by atoms with Crippen LogP contribution in [0.3, 0.4) is 0 Å². The summed E-state index contributed by atoms with van der Waals surface area (Å²) in [7, 11) is 0. The van der Waals surface area contributed by atoms with Gasteiger partial charge in [0, 0.05) is 11.5 Å². The van der Waals surface area contributed by atoms with E-state index in [0.717, 1.165) is 18.4 Å². The Hall–Kier alpha value is -1.60. The monoisotopic (exact) mass is 415 g/mol. The van der Waals surface area contributed by atoms with Crippen LogP contribution in [0.15, 0.2) is 48.5 Å². The molecule has 1 saturated heterocycles. The van der Waals surface area contributed by atoms with Gasteiger partial charge >= 0.3 is 0 Å². The van der Waals surface area contributed by atoms with E-state index in [9.17, 15) is 0 Å². The predicted octanol–water partition coefficient (Wildman–Crippen LogP) is 7.84. The average molecular weight is 416 g/mol. The van der Waals surface area contributed by atoms with E-state index in [1.165, 1.54) is 88.2 Å². The van der Waals surface area contributed by atoms with Crippen molar-refractivity contribution in [2.75, 3.05) is 6.54 Å². The Balaban J connectivity index is 1.43. The van der Waals surface area contributed by atoms with Gasteiger partial charge in [0.05, 0.1) is 0 Å². The Bertz CT molecular complexity index is 754. The van der Waals surface area contributed by atoms with Crippen LogP contribution in [0.5, 0.6) is 0 Å². The standard InChI is InChI=1S/C30H41N/c1-30(29-13-8-22-31-29,27-18-14-25(15-19-27)23-9-4-2-5-10-23)28-20-16-26(17-21-28)24-11-6-3-7-12-24/h14-21,23-24,29,31H,2-13,22H2,1H3/t29-/m1/s1. The lowest BCUT2D eigenvalue weighted by molar-refractivity contribution is 0.405. The highest BCUT2D eigenvalue weighted by Gasteiger charge is 2.39. The van der Waals surface area contributed by atoms with Gasteiger partial charge in [-0.15, -0.1) is 0 Å². The second-order valence-electron chi connectivity index (χ2n) is 10.8. The van der Waals surface area contributed by atoms with Crippen molar-refractivity contribution in [2.24, 2.45) is 0 Å². The normalized spacial score (nSPS) is 23.8. The molecule has 0 unspecified atom stereocenters. The summed E-state index contributed by atoms with van der Waals surface area (Å²) in [6.07, 6.45) is 16.6. The number of rotatable bonds is 5. The first-order valence-electron chi connectivity index (χ1n) is 13.2. The largest absolute Gasteiger partial charge is 0.313 e. The molecule has 2 saturated carbocycles. The zero-order valence-electron chi connectivity index (χ0n) is 19.5. The summed E-state index contributed by atoms with van der Waals surface area (Å²) in [5, 5.41) is 3.85. The number of benzene rings is 2. The Morgan fingerprint density at radius 1 is 0.581 bits per heavy atom. The van der Waals surface area contributed by atoms with Crippen molar-refractivity contribution in [1.82, 2.24) is 5.32 Å². The van der Waals surface area contributed by atoms with Crippen LogP contribution < -0.4 is 5.32 Å².